The van der Waals surface area contributed by atoms with Crippen LogP contribution in [0.25, 0.3) is 0 Å². The van der Waals surface area contributed by atoms with Crippen molar-refractivity contribution in [2.75, 3.05) is 0 Å². The third kappa shape index (κ3) is 38.0. The SMILES string of the molecule is CC.CCC(C)C.CCCC.c1cn[nH]n1. The molecule has 98 valence electrons. The van der Waals surface area contributed by atoms with E-state index in [2.05, 4.69) is 50.0 Å². The Bertz CT molecular complexity index is 129. The van der Waals surface area contributed by atoms with E-state index in [4.69, 9.17) is 0 Å². The summed E-state index contributed by atoms with van der Waals surface area (Å²) >= 11 is 0. The Morgan fingerprint density at radius 1 is 0.938 bits per heavy atom. The van der Waals surface area contributed by atoms with Crippen LogP contribution in [0, 0.1) is 5.92 Å². The van der Waals surface area contributed by atoms with Gasteiger partial charge in [-0.15, -0.1) is 0 Å². The average molecular weight is 229 g/mol. The fraction of sp³-hybridized carbons (Fsp3) is 0.846. The van der Waals surface area contributed by atoms with Gasteiger partial charge in [-0.3, -0.25) is 0 Å². The van der Waals surface area contributed by atoms with Crippen molar-refractivity contribution in [3.8, 4) is 0 Å². The molecule has 3 heteroatoms. The zero-order chi connectivity index (χ0) is 13.2. The highest BCUT2D eigenvalue weighted by atomic mass is 15.3. The second-order valence-electron chi connectivity index (χ2n) is 3.46. The molecule has 0 aliphatic rings. The van der Waals surface area contributed by atoms with Crippen LogP contribution in [0.5, 0.6) is 0 Å². The normalized spacial score (nSPS) is 7.75. The molecule has 0 unspecified atom stereocenters. The quantitative estimate of drug-likeness (QED) is 0.799. The minimum atomic E-state index is 0.884. The summed E-state index contributed by atoms with van der Waals surface area (Å²) in [4.78, 5) is 0. The molecule has 0 radical (unpaired) electrons. The Labute approximate surface area is 102 Å². The smallest absolute Gasteiger partial charge is 0.0690 e. The van der Waals surface area contributed by atoms with Crippen molar-refractivity contribution in [3.05, 3.63) is 12.4 Å². The molecular formula is C13H31N3. The first-order valence-electron chi connectivity index (χ1n) is 6.48. The number of rotatable bonds is 2. The lowest BCUT2D eigenvalue weighted by atomic mass is 10.2. The maximum Gasteiger partial charge on any atom is 0.0690 e. The van der Waals surface area contributed by atoms with E-state index in [1.54, 1.807) is 12.4 Å². The van der Waals surface area contributed by atoms with Gasteiger partial charge in [-0.2, -0.15) is 15.4 Å². The van der Waals surface area contributed by atoms with Gasteiger partial charge < -0.3 is 0 Å². The summed E-state index contributed by atoms with van der Waals surface area (Å²) in [6.45, 7) is 15.0. The van der Waals surface area contributed by atoms with Crippen molar-refractivity contribution in [2.45, 2.75) is 67.7 Å². The molecule has 3 nitrogen and oxygen atoms in total. The minimum absolute atomic E-state index is 0.884. The third-order valence-corrected chi connectivity index (χ3v) is 1.65. The molecule has 1 rings (SSSR count). The van der Waals surface area contributed by atoms with Gasteiger partial charge in [0.1, 0.15) is 0 Å². The van der Waals surface area contributed by atoms with E-state index in [9.17, 15) is 0 Å². The molecule has 1 heterocycles. The summed E-state index contributed by atoms with van der Waals surface area (Å²) in [7, 11) is 0. The summed E-state index contributed by atoms with van der Waals surface area (Å²) in [5, 5.41) is 9.33. The van der Waals surface area contributed by atoms with Crippen LogP contribution >= 0.6 is 0 Å². The lowest BCUT2D eigenvalue weighted by Gasteiger charge is -1.90. The van der Waals surface area contributed by atoms with Gasteiger partial charge in [0.25, 0.3) is 0 Å². The highest BCUT2D eigenvalue weighted by molar-refractivity contribution is 4.54. The number of nitrogens with zero attached hydrogens (tertiary/aromatic N) is 2. The molecule has 0 amide bonds. The molecule has 0 aliphatic heterocycles. The molecule has 0 saturated carbocycles. The van der Waals surface area contributed by atoms with E-state index in [1.807, 2.05) is 13.8 Å². The van der Waals surface area contributed by atoms with Gasteiger partial charge >= 0.3 is 0 Å². The Kier molecular flexibility index (Phi) is 30.5. The van der Waals surface area contributed by atoms with Gasteiger partial charge in [-0.25, -0.2) is 0 Å². The molecule has 1 N–H and O–H groups in total. The number of nitrogens with one attached hydrogen (secondary N) is 1. The van der Waals surface area contributed by atoms with E-state index >= 15 is 0 Å². The monoisotopic (exact) mass is 229 g/mol. The maximum atomic E-state index is 3.49. The van der Waals surface area contributed by atoms with Gasteiger partial charge in [0, 0.05) is 0 Å². The first-order valence-corrected chi connectivity index (χ1v) is 6.48. The molecule has 0 fully saturated rings. The lowest BCUT2D eigenvalue weighted by Crippen LogP contribution is -1.77. The summed E-state index contributed by atoms with van der Waals surface area (Å²) in [5.74, 6) is 0.884. The molecule has 0 aromatic carbocycles. The molecule has 0 spiro atoms. The fourth-order valence-corrected chi connectivity index (χ4v) is 0.167. The standard InChI is InChI=1S/C5H12.C4H10.C2H3N3.C2H6/c1-4-5(2)3;1-3-4-2;1-2-4-5-3-1;1-2/h5H,4H2,1-3H3;3-4H2,1-2H3;1-2H,(H,3,4,5);1-2H3. The predicted octanol–water partition coefficient (Wildman–Crippen LogP) is 4.69. The largest absolute Gasteiger partial charge is 0.198 e. The molecule has 1 aromatic heterocycles. The molecular weight excluding hydrogens is 198 g/mol. The number of aromatic nitrogens is 3. The van der Waals surface area contributed by atoms with Crippen LogP contribution < -0.4 is 0 Å². The van der Waals surface area contributed by atoms with Crippen molar-refractivity contribution in [2.24, 2.45) is 5.92 Å². The number of hydrogen-bond acceptors (Lipinski definition) is 2. The fourth-order valence-electron chi connectivity index (χ4n) is 0.167. The van der Waals surface area contributed by atoms with Crippen molar-refractivity contribution >= 4 is 0 Å². The van der Waals surface area contributed by atoms with E-state index in [-0.39, 0.29) is 0 Å². The molecule has 1 aromatic rings. The first-order chi connectivity index (χ1) is 7.68. The van der Waals surface area contributed by atoms with Gasteiger partial charge in [0.05, 0.1) is 12.4 Å². The topological polar surface area (TPSA) is 41.6 Å². The number of unbranched alkanes of at least 4 members (excludes halogenated alkanes) is 1. The minimum Gasteiger partial charge on any atom is -0.198 e. The van der Waals surface area contributed by atoms with Crippen molar-refractivity contribution in [1.29, 1.82) is 0 Å². The van der Waals surface area contributed by atoms with Crippen molar-refractivity contribution < 1.29 is 0 Å². The average Bonchev–Trinajstić information content (AvgIpc) is 2.90. The third-order valence-electron chi connectivity index (χ3n) is 1.65. The predicted molar refractivity (Wildman–Crippen MR) is 73.4 cm³/mol. The van der Waals surface area contributed by atoms with E-state index in [0.717, 1.165) is 5.92 Å². The Hall–Kier alpha value is -0.860. The molecule has 0 atom stereocenters. The van der Waals surface area contributed by atoms with Crippen molar-refractivity contribution in [1.82, 2.24) is 15.4 Å². The van der Waals surface area contributed by atoms with E-state index in [1.165, 1.54) is 19.3 Å². The lowest BCUT2D eigenvalue weighted by molar-refractivity contribution is 0.626. The maximum absolute atomic E-state index is 3.49. The summed E-state index contributed by atoms with van der Waals surface area (Å²) in [6, 6.07) is 0. The Morgan fingerprint density at radius 3 is 1.31 bits per heavy atom. The molecule has 0 aliphatic carbocycles. The van der Waals surface area contributed by atoms with Crippen LogP contribution in [0.15, 0.2) is 12.4 Å². The van der Waals surface area contributed by atoms with Gasteiger partial charge in [-0.05, 0) is 5.92 Å². The summed E-state index contributed by atoms with van der Waals surface area (Å²) in [5.41, 5.74) is 0. The van der Waals surface area contributed by atoms with E-state index in [0.29, 0.717) is 0 Å². The van der Waals surface area contributed by atoms with Crippen LogP contribution in [0.4, 0.5) is 0 Å². The van der Waals surface area contributed by atoms with Crippen molar-refractivity contribution in [3.63, 3.8) is 0 Å². The summed E-state index contributed by atoms with van der Waals surface area (Å²) in [6.07, 6.45) is 7.11. The van der Waals surface area contributed by atoms with E-state index < -0.39 is 0 Å². The summed E-state index contributed by atoms with van der Waals surface area (Å²) < 4.78 is 0. The van der Waals surface area contributed by atoms with Crippen LogP contribution in [0.2, 0.25) is 0 Å². The molecule has 0 saturated heterocycles. The van der Waals surface area contributed by atoms with Crippen LogP contribution in [0.3, 0.4) is 0 Å². The van der Waals surface area contributed by atoms with Gasteiger partial charge in [0.2, 0.25) is 0 Å². The second-order valence-corrected chi connectivity index (χ2v) is 3.46. The van der Waals surface area contributed by atoms with Crippen LogP contribution in [0.1, 0.15) is 67.7 Å². The zero-order valence-corrected chi connectivity index (χ0v) is 12.2. The zero-order valence-electron chi connectivity index (χ0n) is 12.2. The molecule has 16 heavy (non-hydrogen) atoms. The molecule has 0 bridgehead atoms. The van der Waals surface area contributed by atoms with Crippen LogP contribution in [-0.2, 0) is 0 Å². The Balaban J connectivity index is -0.000000148. The number of hydrogen-bond donors (Lipinski definition) is 1. The van der Waals surface area contributed by atoms with Gasteiger partial charge in [-0.1, -0.05) is 67.7 Å². The second kappa shape index (κ2) is 23.7. The highest BCUT2D eigenvalue weighted by Crippen LogP contribution is 1.93. The Morgan fingerprint density at radius 2 is 1.25 bits per heavy atom. The highest BCUT2D eigenvalue weighted by Gasteiger charge is 1.80. The van der Waals surface area contributed by atoms with Gasteiger partial charge in [0.15, 0.2) is 0 Å². The van der Waals surface area contributed by atoms with Crippen LogP contribution in [-0.4, -0.2) is 15.4 Å². The number of H-pyrrole nitrogens is 1. The number of aromatic amines is 1. The first kappa shape index (κ1) is 20.5.